The summed E-state index contributed by atoms with van der Waals surface area (Å²) in [4.78, 5) is 4.75. The molecule has 4 rings (SSSR count). The van der Waals surface area contributed by atoms with E-state index >= 15 is 0 Å². The zero-order valence-electron chi connectivity index (χ0n) is 11.8. The molecule has 0 atom stereocenters. The van der Waals surface area contributed by atoms with Crippen molar-refractivity contribution in [3.05, 3.63) is 66.7 Å². The standard InChI is InChI=1S/C17H11NS.BH3O2/c1-2-8-13-12(6-1)7-5-9-14(13)17-18-15-10-3-4-11-16(15)19-17;2-1-3/h1-11H;1-3H. The van der Waals surface area contributed by atoms with E-state index in [9.17, 15) is 0 Å². The molecule has 4 aromatic rings. The summed E-state index contributed by atoms with van der Waals surface area (Å²) >= 11 is 1.75. The Bertz CT molecular complexity index is 869. The van der Waals surface area contributed by atoms with Crippen molar-refractivity contribution in [2.24, 2.45) is 0 Å². The Morgan fingerprint density at radius 1 is 0.818 bits per heavy atom. The van der Waals surface area contributed by atoms with Crippen LogP contribution in [0.4, 0.5) is 0 Å². The minimum Gasteiger partial charge on any atom is -0.430 e. The number of aromatic nitrogens is 1. The number of hydrogen-bond donors (Lipinski definition) is 2. The molecule has 108 valence electrons. The van der Waals surface area contributed by atoms with Crippen LogP contribution in [0.5, 0.6) is 0 Å². The maximum Gasteiger partial charge on any atom is 0.432 e. The second kappa shape index (κ2) is 6.70. The Balaban J connectivity index is 0.000000446. The molecule has 0 amide bonds. The van der Waals surface area contributed by atoms with Crippen LogP contribution in [0.15, 0.2) is 66.7 Å². The van der Waals surface area contributed by atoms with Crippen LogP contribution in [0.1, 0.15) is 0 Å². The molecule has 0 radical (unpaired) electrons. The average Bonchev–Trinajstić information content (AvgIpc) is 2.99. The largest absolute Gasteiger partial charge is 0.432 e. The molecular formula is C17H14BNO2S. The summed E-state index contributed by atoms with van der Waals surface area (Å²) < 4.78 is 1.24. The summed E-state index contributed by atoms with van der Waals surface area (Å²) in [5, 5.41) is 17.9. The maximum absolute atomic E-state index is 7.12. The van der Waals surface area contributed by atoms with Crippen molar-refractivity contribution in [3.63, 3.8) is 0 Å². The van der Waals surface area contributed by atoms with Crippen molar-refractivity contribution >= 4 is 40.0 Å². The SMILES string of the molecule is OBO.c1ccc2c(-c3nc4ccccc4s3)cccc2c1. The van der Waals surface area contributed by atoms with Gasteiger partial charge in [-0.25, -0.2) is 4.98 Å². The molecule has 0 saturated heterocycles. The fraction of sp³-hybridized carbons (Fsp3) is 0. The normalized spacial score (nSPS) is 10.3. The van der Waals surface area contributed by atoms with Crippen LogP contribution in [0.25, 0.3) is 31.6 Å². The molecule has 0 saturated carbocycles. The van der Waals surface area contributed by atoms with E-state index in [0.717, 1.165) is 10.5 Å². The Hall–Kier alpha value is -2.21. The van der Waals surface area contributed by atoms with Crippen LogP contribution in [-0.2, 0) is 0 Å². The zero-order chi connectivity index (χ0) is 15.4. The van der Waals surface area contributed by atoms with Gasteiger partial charge >= 0.3 is 7.69 Å². The molecule has 1 aromatic heterocycles. The second-order valence-electron chi connectivity index (χ2n) is 4.65. The molecule has 0 aliphatic carbocycles. The molecule has 0 spiro atoms. The van der Waals surface area contributed by atoms with Gasteiger partial charge in [-0.15, -0.1) is 11.3 Å². The molecule has 1 heterocycles. The Kier molecular flexibility index (Phi) is 4.49. The number of fused-ring (bicyclic) bond motifs is 2. The van der Waals surface area contributed by atoms with Gasteiger partial charge in [-0.1, -0.05) is 54.6 Å². The third kappa shape index (κ3) is 2.87. The Labute approximate surface area is 132 Å². The smallest absolute Gasteiger partial charge is 0.430 e. The van der Waals surface area contributed by atoms with Crippen LogP contribution in [0.2, 0.25) is 0 Å². The lowest BCUT2D eigenvalue weighted by atomic mass is 10.1. The summed E-state index contributed by atoms with van der Waals surface area (Å²) in [5.41, 5.74) is 2.30. The number of benzene rings is 3. The van der Waals surface area contributed by atoms with Gasteiger partial charge in [0.2, 0.25) is 0 Å². The third-order valence-corrected chi connectivity index (χ3v) is 4.38. The number of hydrogen-bond acceptors (Lipinski definition) is 4. The molecule has 2 N–H and O–H groups in total. The van der Waals surface area contributed by atoms with Gasteiger partial charge in [0.25, 0.3) is 0 Å². The van der Waals surface area contributed by atoms with Gasteiger partial charge in [-0.2, -0.15) is 0 Å². The highest BCUT2D eigenvalue weighted by molar-refractivity contribution is 7.21. The molecule has 0 aliphatic heterocycles. The highest BCUT2D eigenvalue weighted by atomic mass is 32.1. The van der Waals surface area contributed by atoms with Crippen molar-refractivity contribution in [1.29, 1.82) is 0 Å². The topological polar surface area (TPSA) is 53.4 Å². The van der Waals surface area contributed by atoms with Gasteiger partial charge in [0, 0.05) is 5.56 Å². The first-order chi connectivity index (χ1) is 10.8. The summed E-state index contributed by atoms with van der Waals surface area (Å²) in [6.07, 6.45) is 0. The lowest BCUT2D eigenvalue weighted by molar-refractivity contribution is 0.448. The Morgan fingerprint density at radius 2 is 1.50 bits per heavy atom. The first kappa shape index (κ1) is 14.7. The van der Waals surface area contributed by atoms with Crippen LogP contribution in [0.3, 0.4) is 0 Å². The van der Waals surface area contributed by atoms with E-state index in [0.29, 0.717) is 0 Å². The predicted octanol–water partition coefficient (Wildman–Crippen LogP) is 3.35. The number of thiazole rings is 1. The molecule has 3 nitrogen and oxygen atoms in total. The highest BCUT2D eigenvalue weighted by Gasteiger charge is 2.08. The van der Waals surface area contributed by atoms with E-state index < -0.39 is 7.69 Å². The molecule has 5 heteroatoms. The van der Waals surface area contributed by atoms with E-state index in [1.54, 1.807) is 11.3 Å². The molecule has 0 aliphatic rings. The number of rotatable bonds is 1. The van der Waals surface area contributed by atoms with Crippen molar-refractivity contribution in [1.82, 2.24) is 4.98 Å². The van der Waals surface area contributed by atoms with Crippen molar-refractivity contribution in [3.8, 4) is 10.6 Å². The van der Waals surface area contributed by atoms with Gasteiger partial charge in [0.05, 0.1) is 10.2 Å². The van der Waals surface area contributed by atoms with Crippen LogP contribution in [0, 0.1) is 0 Å². The summed E-state index contributed by atoms with van der Waals surface area (Å²) in [5.74, 6) is 0. The quantitative estimate of drug-likeness (QED) is 0.530. The average molecular weight is 307 g/mol. The Morgan fingerprint density at radius 3 is 2.32 bits per heavy atom. The van der Waals surface area contributed by atoms with Gasteiger partial charge in [-0.05, 0) is 22.9 Å². The van der Waals surface area contributed by atoms with E-state index in [-0.39, 0.29) is 0 Å². The lowest BCUT2D eigenvalue weighted by Gasteiger charge is -2.02. The van der Waals surface area contributed by atoms with Crippen molar-refractivity contribution < 1.29 is 10.0 Å². The summed E-state index contributed by atoms with van der Waals surface area (Å²) in [7, 11) is -0.750. The van der Waals surface area contributed by atoms with Crippen LogP contribution in [-0.4, -0.2) is 22.7 Å². The summed E-state index contributed by atoms with van der Waals surface area (Å²) in [6, 6.07) is 23.2. The minimum absolute atomic E-state index is 0.750. The second-order valence-corrected chi connectivity index (χ2v) is 5.69. The van der Waals surface area contributed by atoms with Gasteiger partial charge in [0.1, 0.15) is 5.01 Å². The van der Waals surface area contributed by atoms with Crippen molar-refractivity contribution in [2.75, 3.05) is 0 Å². The lowest BCUT2D eigenvalue weighted by Crippen LogP contribution is -1.79. The van der Waals surface area contributed by atoms with E-state index in [1.165, 1.54) is 21.0 Å². The van der Waals surface area contributed by atoms with E-state index in [1.807, 2.05) is 6.07 Å². The molecule has 0 bridgehead atoms. The van der Waals surface area contributed by atoms with Gasteiger partial charge in [0.15, 0.2) is 0 Å². The molecule has 22 heavy (non-hydrogen) atoms. The fourth-order valence-electron chi connectivity index (χ4n) is 2.40. The van der Waals surface area contributed by atoms with Gasteiger partial charge < -0.3 is 10.0 Å². The zero-order valence-corrected chi connectivity index (χ0v) is 12.6. The van der Waals surface area contributed by atoms with Crippen molar-refractivity contribution in [2.45, 2.75) is 0 Å². The van der Waals surface area contributed by atoms with Crippen LogP contribution < -0.4 is 0 Å². The first-order valence-electron chi connectivity index (χ1n) is 6.89. The maximum atomic E-state index is 7.12. The molecule has 0 fully saturated rings. The van der Waals surface area contributed by atoms with E-state index in [2.05, 4.69) is 60.7 Å². The summed E-state index contributed by atoms with van der Waals surface area (Å²) in [6.45, 7) is 0. The first-order valence-corrected chi connectivity index (χ1v) is 7.70. The predicted molar refractivity (Wildman–Crippen MR) is 94.1 cm³/mol. The molecular weight excluding hydrogens is 293 g/mol. The highest BCUT2D eigenvalue weighted by Crippen LogP contribution is 2.34. The molecule has 0 unspecified atom stereocenters. The minimum atomic E-state index is -0.750. The monoisotopic (exact) mass is 307 g/mol. The molecule has 3 aromatic carbocycles. The number of nitrogens with zero attached hydrogens (tertiary/aromatic N) is 1. The number of para-hydroxylation sites is 1. The van der Waals surface area contributed by atoms with Crippen LogP contribution >= 0.6 is 11.3 Å². The van der Waals surface area contributed by atoms with Gasteiger partial charge in [-0.3, -0.25) is 0 Å². The fourth-order valence-corrected chi connectivity index (χ4v) is 3.40. The van der Waals surface area contributed by atoms with E-state index in [4.69, 9.17) is 15.0 Å². The third-order valence-electron chi connectivity index (χ3n) is 3.31.